The summed E-state index contributed by atoms with van der Waals surface area (Å²) >= 11 is 0. The van der Waals surface area contributed by atoms with Crippen molar-refractivity contribution in [3.63, 3.8) is 0 Å². The average Bonchev–Trinajstić information content (AvgIpc) is 2.01. The number of hydrogen-bond acceptors (Lipinski definition) is 1. The minimum atomic E-state index is 0.771. The van der Waals surface area contributed by atoms with Gasteiger partial charge in [0.1, 0.15) is 0 Å². The molecule has 0 amide bonds. The molecule has 0 saturated carbocycles. The van der Waals surface area contributed by atoms with Crippen LogP contribution in [0.15, 0.2) is 23.8 Å². The summed E-state index contributed by atoms with van der Waals surface area (Å²) in [5.41, 5.74) is 1.41. The number of allylic oxidation sites excluding steroid dienone is 4. The number of rotatable bonds is 3. The average molecular weight is 151 g/mol. The SMILES string of the molecule is CNCCC1C=C(C)C=CC1. The lowest BCUT2D eigenvalue weighted by molar-refractivity contribution is 0.567. The topological polar surface area (TPSA) is 12.0 Å². The summed E-state index contributed by atoms with van der Waals surface area (Å²) < 4.78 is 0. The van der Waals surface area contributed by atoms with Gasteiger partial charge in [0.2, 0.25) is 0 Å². The molecule has 1 aliphatic rings. The van der Waals surface area contributed by atoms with E-state index >= 15 is 0 Å². The highest BCUT2D eigenvalue weighted by Crippen LogP contribution is 2.18. The van der Waals surface area contributed by atoms with Crippen LogP contribution in [0.2, 0.25) is 0 Å². The summed E-state index contributed by atoms with van der Waals surface area (Å²) in [6, 6.07) is 0. The molecule has 0 heterocycles. The van der Waals surface area contributed by atoms with Crippen LogP contribution in [-0.4, -0.2) is 13.6 Å². The maximum atomic E-state index is 3.18. The van der Waals surface area contributed by atoms with Gasteiger partial charge in [-0.15, -0.1) is 0 Å². The van der Waals surface area contributed by atoms with Gasteiger partial charge in [0.25, 0.3) is 0 Å². The zero-order valence-corrected chi connectivity index (χ0v) is 7.43. The molecule has 0 bridgehead atoms. The Kier molecular flexibility index (Phi) is 3.37. The van der Waals surface area contributed by atoms with Crippen molar-refractivity contribution in [2.75, 3.05) is 13.6 Å². The van der Waals surface area contributed by atoms with Crippen LogP contribution in [0.5, 0.6) is 0 Å². The maximum absolute atomic E-state index is 3.18. The zero-order valence-electron chi connectivity index (χ0n) is 7.43. The van der Waals surface area contributed by atoms with Gasteiger partial charge in [-0.05, 0) is 39.3 Å². The normalized spacial score (nSPS) is 23.5. The van der Waals surface area contributed by atoms with E-state index in [0.717, 1.165) is 12.5 Å². The van der Waals surface area contributed by atoms with Crippen LogP contribution >= 0.6 is 0 Å². The zero-order chi connectivity index (χ0) is 8.10. The van der Waals surface area contributed by atoms with Crippen molar-refractivity contribution in [1.82, 2.24) is 5.32 Å². The molecular formula is C10H17N. The standard InChI is InChI=1S/C10H17N/c1-9-4-3-5-10(8-9)6-7-11-2/h3-4,8,10-11H,5-7H2,1-2H3. The first kappa shape index (κ1) is 8.54. The van der Waals surface area contributed by atoms with Gasteiger partial charge in [-0.1, -0.05) is 23.8 Å². The lowest BCUT2D eigenvalue weighted by Crippen LogP contribution is -2.12. The van der Waals surface area contributed by atoms with Crippen molar-refractivity contribution < 1.29 is 0 Å². The minimum Gasteiger partial charge on any atom is -0.320 e. The van der Waals surface area contributed by atoms with Crippen molar-refractivity contribution in [2.45, 2.75) is 19.8 Å². The summed E-state index contributed by atoms with van der Waals surface area (Å²) in [7, 11) is 2.01. The number of hydrogen-bond donors (Lipinski definition) is 1. The minimum absolute atomic E-state index is 0.771. The van der Waals surface area contributed by atoms with Crippen molar-refractivity contribution in [3.05, 3.63) is 23.8 Å². The highest BCUT2D eigenvalue weighted by Gasteiger charge is 2.05. The van der Waals surface area contributed by atoms with E-state index < -0.39 is 0 Å². The monoisotopic (exact) mass is 151 g/mol. The Morgan fingerprint density at radius 3 is 3.09 bits per heavy atom. The predicted octanol–water partition coefficient (Wildman–Crippen LogP) is 2.12. The molecule has 1 rings (SSSR count). The lowest BCUT2D eigenvalue weighted by atomic mass is 9.94. The molecule has 0 aromatic rings. The van der Waals surface area contributed by atoms with Crippen LogP contribution in [0, 0.1) is 5.92 Å². The molecule has 1 aliphatic carbocycles. The largest absolute Gasteiger partial charge is 0.320 e. The third-order valence-corrected chi connectivity index (χ3v) is 2.08. The summed E-state index contributed by atoms with van der Waals surface area (Å²) in [6.45, 7) is 3.30. The van der Waals surface area contributed by atoms with E-state index in [1.165, 1.54) is 18.4 Å². The Morgan fingerprint density at radius 2 is 2.45 bits per heavy atom. The highest BCUT2D eigenvalue weighted by atomic mass is 14.8. The van der Waals surface area contributed by atoms with Gasteiger partial charge in [-0.25, -0.2) is 0 Å². The molecular weight excluding hydrogens is 134 g/mol. The summed E-state index contributed by atoms with van der Waals surface area (Å²) in [5, 5.41) is 3.18. The third kappa shape index (κ3) is 2.89. The molecule has 0 aromatic heterocycles. The molecule has 1 N–H and O–H groups in total. The van der Waals surface area contributed by atoms with Gasteiger partial charge in [0.05, 0.1) is 0 Å². The smallest absolute Gasteiger partial charge is 0.00462 e. The van der Waals surface area contributed by atoms with Gasteiger partial charge in [-0.3, -0.25) is 0 Å². The van der Waals surface area contributed by atoms with E-state index in [2.05, 4.69) is 30.5 Å². The lowest BCUT2D eigenvalue weighted by Gasteiger charge is -2.14. The van der Waals surface area contributed by atoms with Crippen molar-refractivity contribution >= 4 is 0 Å². The third-order valence-electron chi connectivity index (χ3n) is 2.08. The molecule has 11 heavy (non-hydrogen) atoms. The van der Waals surface area contributed by atoms with E-state index in [0.29, 0.717) is 0 Å². The number of nitrogens with one attached hydrogen (secondary N) is 1. The maximum Gasteiger partial charge on any atom is -0.00462 e. The van der Waals surface area contributed by atoms with Crippen LogP contribution < -0.4 is 5.32 Å². The molecule has 1 unspecified atom stereocenters. The Labute approximate surface area is 69.2 Å². The fourth-order valence-electron chi connectivity index (χ4n) is 1.46. The second-order valence-electron chi connectivity index (χ2n) is 3.20. The van der Waals surface area contributed by atoms with E-state index in [4.69, 9.17) is 0 Å². The summed E-state index contributed by atoms with van der Waals surface area (Å²) in [5.74, 6) is 0.771. The van der Waals surface area contributed by atoms with Gasteiger partial charge < -0.3 is 5.32 Å². The second kappa shape index (κ2) is 4.35. The van der Waals surface area contributed by atoms with Crippen molar-refractivity contribution in [2.24, 2.45) is 5.92 Å². The van der Waals surface area contributed by atoms with Crippen LogP contribution in [0.1, 0.15) is 19.8 Å². The van der Waals surface area contributed by atoms with Crippen LogP contribution in [0.3, 0.4) is 0 Å². The van der Waals surface area contributed by atoms with Crippen LogP contribution in [0.25, 0.3) is 0 Å². The fraction of sp³-hybridized carbons (Fsp3) is 0.600. The van der Waals surface area contributed by atoms with Gasteiger partial charge in [0.15, 0.2) is 0 Å². The predicted molar refractivity (Wildman–Crippen MR) is 49.5 cm³/mol. The molecule has 1 heteroatoms. The highest BCUT2D eigenvalue weighted by molar-refractivity contribution is 5.21. The second-order valence-corrected chi connectivity index (χ2v) is 3.20. The molecule has 0 aromatic carbocycles. The molecule has 0 saturated heterocycles. The molecule has 1 atom stereocenters. The van der Waals surface area contributed by atoms with Crippen LogP contribution in [0.4, 0.5) is 0 Å². The van der Waals surface area contributed by atoms with E-state index in [1.54, 1.807) is 0 Å². The summed E-state index contributed by atoms with van der Waals surface area (Å²) in [6.07, 6.45) is 9.33. The Balaban J connectivity index is 2.31. The molecule has 0 aliphatic heterocycles. The fourth-order valence-corrected chi connectivity index (χ4v) is 1.46. The molecule has 1 nitrogen and oxygen atoms in total. The summed E-state index contributed by atoms with van der Waals surface area (Å²) in [4.78, 5) is 0. The Bertz CT molecular complexity index is 168. The van der Waals surface area contributed by atoms with Crippen LogP contribution in [-0.2, 0) is 0 Å². The quantitative estimate of drug-likeness (QED) is 0.651. The Hall–Kier alpha value is -0.560. The van der Waals surface area contributed by atoms with Crippen molar-refractivity contribution in [3.8, 4) is 0 Å². The molecule has 0 fully saturated rings. The van der Waals surface area contributed by atoms with Gasteiger partial charge in [-0.2, -0.15) is 0 Å². The van der Waals surface area contributed by atoms with E-state index in [9.17, 15) is 0 Å². The molecule has 62 valence electrons. The first-order valence-corrected chi connectivity index (χ1v) is 4.32. The molecule has 0 spiro atoms. The van der Waals surface area contributed by atoms with E-state index in [-0.39, 0.29) is 0 Å². The van der Waals surface area contributed by atoms with Gasteiger partial charge in [0, 0.05) is 0 Å². The Morgan fingerprint density at radius 1 is 1.64 bits per heavy atom. The van der Waals surface area contributed by atoms with Gasteiger partial charge >= 0.3 is 0 Å². The van der Waals surface area contributed by atoms with Crippen molar-refractivity contribution in [1.29, 1.82) is 0 Å². The first-order chi connectivity index (χ1) is 5.33. The molecule has 0 radical (unpaired) electrons. The van der Waals surface area contributed by atoms with E-state index in [1.807, 2.05) is 7.05 Å². The first-order valence-electron chi connectivity index (χ1n) is 4.32.